The second kappa shape index (κ2) is 5.73. The van der Waals surface area contributed by atoms with Crippen LogP contribution in [0.5, 0.6) is 0 Å². The van der Waals surface area contributed by atoms with Crippen molar-refractivity contribution < 1.29 is 0 Å². The largest absolute Gasteiger partial charge is 0.0851 e. The van der Waals surface area contributed by atoms with Crippen molar-refractivity contribution in [3.63, 3.8) is 0 Å². The van der Waals surface area contributed by atoms with E-state index in [0.717, 1.165) is 0 Å². The lowest BCUT2D eigenvalue weighted by molar-refractivity contribution is 0.398. The first-order chi connectivity index (χ1) is 7.29. The van der Waals surface area contributed by atoms with E-state index in [1.807, 2.05) is 0 Å². The monoisotopic (exact) mass is 254 g/mol. The van der Waals surface area contributed by atoms with E-state index in [4.69, 9.17) is 0 Å². The third kappa shape index (κ3) is 12.2. The first kappa shape index (κ1) is 17.0. The van der Waals surface area contributed by atoms with Gasteiger partial charge in [-0.1, -0.05) is 72.8 Å². The van der Waals surface area contributed by atoms with Crippen LogP contribution in [0.2, 0.25) is 25.7 Å². The van der Waals surface area contributed by atoms with Gasteiger partial charge in [-0.05, 0) is 29.7 Å². The lowest BCUT2D eigenvalue weighted by Gasteiger charge is -2.26. The summed E-state index contributed by atoms with van der Waals surface area (Å²) in [6, 6.07) is 1.36. The summed E-state index contributed by atoms with van der Waals surface area (Å²) in [6.45, 7) is 21.4. The lowest BCUT2D eigenvalue weighted by atomic mass is 9.86. The van der Waals surface area contributed by atoms with Crippen molar-refractivity contribution in [2.45, 2.75) is 80.1 Å². The highest BCUT2D eigenvalue weighted by atomic mass is 28.3. The van der Waals surface area contributed by atoms with E-state index in [-0.39, 0.29) is 0 Å². The van der Waals surface area contributed by atoms with Gasteiger partial charge >= 0.3 is 0 Å². The molecule has 0 rings (SSSR count). The molecule has 0 fully saturated rings. The molecule has 0 heterocycles. The maximum absolute atomic E-state index is 2.53. The van der Waals surface area contributed by atoms with Crippen molar-refractivity contribution in [1.82, 2.24) is 0 Å². The van der Waals surface area contributed by atoms with Gasteiger partial charge < -0.3 is 0 Å². The van der Waals surface area contributed by atoms with Crippen molar-refractivity contribution in [3.8, 4) is 0 Å². The molecule has 0 spiro atoms. The number of rotatable bonds is 4. The quantitative estimate of drug-likeness (QED) is 0.418. The normalized spacial score (nSPS) is 15.2. The summed E-state index contributed by atoms with van der Waals surface area (Å²) in [7, 11) is -0.985. The van der Waals surface area contributed by atoms with Crippen molar-refractivity contribution >= 4 is 8.07 Å². The van der Waals surface area contributed by atoms with E-state index in [2.05, 4.69) is 67.3 Å². The minimum Gasteiger partial charge on any atom is -0.0851 e. The molecule has 0 aliphatic rings. The SMILES string of the molecule is CC(C)(C)C/C=C(/CC(C)(C)C)C[Si](C)(C)C. The van der Waals surface area contributed by atoms with E-state index >= 15 is 0 Å². The molecule has 0 unspecified atom stereocenters. The van der Waals surface area contributed by atoms with Crippen LogP contribution >= 0.6 is 0 Å². The van der Waals surface area contributed by atoms with E-state index in [1.165, 1.54) is 18.9 Å². The Balaban J connectivity index is 4.74. The van der Waals surface area contributed by atoms with Gasteiger partial charge in [-0.3, -0.25) is 0 Å². The van der Waals surface area contributed by atoms with Gasteiger partial charge in [0.2, 0.25) is 0 Å². The zero-order valence-electron chi connectivity index (χ0n) is 13.7. The van der Waals surface area contributed by atoms with Gasteiger partial charge in [-0.2, -0.15) is 0 Å². The van der Waals surface area contributed by atoms with Gasteiger partial charge in [0, 0.05) is 8.07 Å². The topological polar surface area (TPSA) is 0 Å². The molecule has 0 aliphatic carbocycles. The smallest absolute Gasteiger partial charge is 0.0483 e. The molecular weight excluding hydrogens is 220 g/mol. The number of hydrogen-bond acceptors (Lipinski definition) is 0. The highest BCUT2D eigenvalue weighted by Crippen LogP contribution is 2.31. The zero-order chi connectivity index (χ0) is 13.9. The third-order valence-corrected chi connectivity index (χ3v) is 4.03. The Bertz CT molecular complexity index is 235. The lowest BCUT2D eigenvalue weighted by Crippen LogP contribution is -2.22. The minimum absolute atomic E-state index is 0.419. The summed E-state index contributed by atoms with van der Waals surface area (Å²) in [4.78, 5) is 0. The maximum atomic E-state index is 2.53. The molecule has 17 heavy (non-hydrogen) atoms. The van der Waals surface area contributed by atoms with Crippen molar-refractivity contribution in [1.29, 1.82) is 0 Å². The standard InChI is InChI=1S/C16H34Si/c1-15(2,3)11-10-14(12-16(4,5)6)13-17(7,8)9/h10H,11-13H2,1-9H3/b14-10-. The van der Waals surface area contributed by atoms with E-state index in [0.29, 0.717) is 10.8 Å². The van der Waals surface area contributed by atoms with Crippen LogP contribution in [-0.4, -0.2) is 8.07 Å². The van der Waals surface area contributed by atoms with Crippen LogP contribution in [0.4, 0.5) is 0 Å². The molecule has 0 saturated carbocycles. The number of allylic oxidation sites excluding steroid dienone is 2. The van der Waals surface area contributed by atoms with E-state index < -0.39 is 8.07 Å². The van der Waals surface area contributed by atoms with E-state index in [1.54, 1.807) is 5.57 Å². The molecule has 0 N–H and O–H groups in total. The fraction of sp³-hybridized carbons (Fsp3) is 0.875. The minimum atomic E-state index is -0.985. The van der Waals surface area contributed by atoms with Gasteiger partial charge in [-0.15, -0.1) is 0 Å². The van der Waals surface area contributed by atoms with Crippen LogP contribution in [0, 0.1) is 10.8 Å². The summed E-state index contributed by atoms with van der Waals surface area (Å²) in [5, 5.41) is 0. The molecule has 102 valence electrons. The van der Waals surface area contributed by atoms with Crippen molar-refractivity contribution in [3.05, 3.63) is 11.6 Å². The van der Waals surface area contributed by atoms with Gasteiger partial charge in [0.25, 0.3) is 0 Å². The Morgan fingerprint density at radius 1 is 0.882 bits per heavy atom. The summed E-state index contributed by atoms with van der Waals surface area (Å²) in [6.07, 6.45) is 5.00. The molecule has 0 bridgehead atoms. The Kier molecular flexibility index (Phi) is 5.72. The predicted molar refractivity (Wildman–Crippen MR) is 84.4 cm³/mol. The Morgan fingerprint density at radius 2 is 1.35 bits per heavy atom. The average molecular weight is 255 g/mol. The molecule has 0 radical (unpaired) electrons. The van der Waals surface area contributed by atoms with Gasteiger partial charge in [0.15, 0.2) is 0 Å². The van der Waals surface area contributed by atoms with Gasteiger partial charge in [0.1, 0.15) is 0 Å². The molecule has 0 aromatic heterocycles. The van der Waals surface area contributed by atoms with Crippen LogP contribution in [0.3, 0.4) is 0 Å². The molecular formula is C16H34Si. The van der Waals surface area contributed by atoms with Gasteiger partial charge in [0.05, 0.1) is 0 Å². The van der Waals surface area contributed by atoms with Crippen molar-refractivity contribution in [2.75, 3.05) is 0 Å². The summed E-state index contributed by atoms with van der Waals surface area (Å²) >= 11 is 0. The first-order valence-corrected chi connectivity index (χ1v) is 10.7. The Morgan fingerprint density at radius 3 is 1.65 bits per heavy atom. The molecule has 0 amide bonds. The summed E-state index contributed by atoms with van der Waals surface area (Å²) < 4.78 is 0. The molecule has 0 saturated heterocycles. The highest BCUT2D eigenvalue weighted by molar-refractivity contribution is 6.76. The summed E-state index contributed by atoms with van der Waals surface area (Å²) in [5.41, 5.74) is 2.54. The second-order valence-electron chi connectivity index (χ2n) is 9.10. The molecule has 0 nitrogen and oxygen atoms in total. The van der Waals surface area contributed by atoms with Crippen LogP contribution in [0.15, 0.2) is 11.6 Å². The Labute approximate surface area is 111 Å². The Hall–Kier alpha value is -0.0431. The van der Waals surface area contributed by atoms with Crippen LogP contribution in [0.25, 0.3) is 0 Å². The van der Waals surface area contributed by atoms with Crippen molar-refractivity contribution in [2.24, 2.45) is 10.8 Å². The molecule has 0 atom stereocenters. The average Bonchev–Trinajstić information content (AvgIpc) is 1.92. The summed E-state index contributed by atoms with van der Waals surface area (Å²) in [5.74, 6) is 0. The fourth-order valence-corrected chi connectivity index (χ4v) is 3.65. The third-order valence-electron chi connectivity index (χ3n) is 2.52. The van der Waals surface area contributed by atoms with E-state index in [9.17, 15) is 0 Å². The molecule has 0 aromatic rings. The molecule has 1 heteroatoms. The molecule has 0 aromatic carbocycles. The van der Waals surface area contributed by atoms with Gasteiger partial charge in [-0.25, -0.2) is 0 Å². The predicted octanol–water partition coefficient (Wildman–Crippen LogP) is 6.12. The maximum Gasteiger partial charge on any atom is 0.0483 e. The first-order valence-electron chi connectivity index (χ1n) is 6.96. The van der Waals surface area contributed by atoms with Crippen LogP contribution < -0.4 is 0 Å². The highest BCUT2D eigenvalue weighted by Gasteiger charge is 2.20. The second-order valence-corrected chi connectivity index (χ2v) is 14.6. The fourth-order valence-electron chi connectivity index (χ4n) is 2.02. The molecule has 0 aliphatic heterocycles. The zero-order valence-corrected chi connectivity index (χ0v) is 14.7. The van der Waals surface area contributed by atoms with Crippen LogP contribution in [-0.2, 0) is 0 Å². The van der Waals surface area contributed by atoms with Crippen LogP contribution in [0.1, 0.15) is 54.4 Å². The number of hydrogen-bond donors (Lipinski definition) is 0.